The highest BCUT2D eigenvalue weighted by Gasteiger charge is 2.15. The number of nitrogens with zero attached hydrogens (tertiary/aromatic N) is 3. The van der Waals surface area contributed by atoms with Crippen LogP contribution in [0.3, 0.4) is 0 Å². The standard InChI is InChI=1S/C7H9N3/c1-9-5-7-8-3-2-4-10(7)6-9/h2-5H,6H2,1H3. The minimum atomic E-state index is 0.920. The zero-order valence-corrected chi connectivity index (χ0v) is 5.86. The molecule has 0 aliphatic carbocycles. The van der Waals surface area contributed by atoms with E-state index < -0.39 is 0 Å². The van der Waals surface area contributed by atoms with Crippen molar-refractivity contribution < 1.29 is 0 Å². The smallest absolute Gasteiger partial charge is 0.150 e. The minimum absolute atomic E-state index is 0.920. The Morgan fingerprint density at radius 2 is 2.50 bits per heavy atom. The Morgan fingerprint density at radius 3 is 3.30 bits per heavy atom. The van der Waals surface area contributed by atoms with E-state index in [4.69, 9.17) is 0 Å². The summed E-state index contributed by atoms with van der Waals surface area (Å²) in [6.45, 7) is 0.920. The van der Waals surface area contributed by atoms with Gasteiger partial charge in [-0.1, -0.05) is 0 Å². The first kappa shape index (κ1) is 5.53. The average Bonchev–Trinajstić information content (AvgIpc) is 2.27. The predicted octanol–water partition coefficient (Wildman–Crippen LogP) is 0.588. The number of allylic oxidation sites excluding steroid dienone is 1. The first-order chi connectivity index (χ1) is 4.86. The average molecular weight is 135 g/mol. The molecule has 0 radical (unpaired) electrons. The third-order valence-electron chi connectivity index (χ3n) is 1.56. The molecule has 3 nitrogen and oxygen atoms in total. The van der Waals surface area contributed by atoms with Gasteiger partial charge in [-0.05, 0) is 6.08 Å². The van der Waals surface area contributed by atoms with Crippen LogP contribution in [-0.4, -0.2) is 29.7 Å². The lowest BCUT2D eigenvalue weighted by Gasteiger charge is -2.16. The Bertz CT molecular complexity index is 227. The van der Waals surface area contributed by atoms with E-state index in [1.807, 2.05) is 31.7 Å². The van der Waals surface area contributed by atoms with Crippen LogP contribution in [-0.2, 0) is 0 Å². The molecule has 0 aromatic heterocycles. The summed E-state index contributed by atoms with van der Waals surface area (Å²) >= 11 is 0. The molecule has 0 bridgehead atoms. The molecular weight excluding hydrogens is 126 g/mol. The number of hydrogen-bond donors (Lipinski definition) is 0. The molecule has 52 valence electrons. The third kappa shape index (κ3) is 0.708. The van der Waals surface area contributed by atoms with Crippen molar-refractivity contribution in [2.24, 2.45) is 4.99 Å². The predicted molar refractivity (Wildman–Crippen MR) is 40.2 cm³/mol. The van der Waals surface area contributed by atoms with E-state index in [2.05, 4.69) is 14.8 Å². The van der Waals surface area contributed by atoms with E-state index in [9.17, 15) is 0 Å². The van der Waals surface area contributed by atoms with Gasteiger partial charge in [0.15, 0.2) is 0 Å². The fourth-order valence-corrected chi connectivity index (χ4v) is 1.12. The molecular formula is C7H9N3. The monoisotopic (exact) mass is 135 g/mol. The van der Waals surface area contributed by atoms with E-state index in [1.165, 1.54) is 0 Å². The molecule has 2 aliphatic heterocycles. The molecule has 2 rings (SSSR count). The highest BCUT2D eigenvalue weighted by Crippen LogP contribution is 2.17. The maximum absolute atomic E-state index is 4.18. The third-order valence-corrected chi connectivity index (χ3v) is 1.56. The summed E-state index contributed by atoms with van der Waals surface area (Å²) < 4.78 is 0. The van der Waals surface area contributed by atoms with Gasteiger partial charge in [0, 0.05) is 25.7 Å². The molecule has 0 amide bonds. The van der Waals surface area contributed by atoms with Crippen molar-refractivity contribution in [3.8, 4) is 0 Å². The van der Waals surface area contributed by atoms with Crippen molar-refractivity contribution in [3.05, 3.63) is 24.3 Å². The zero-order chi connectivity index (χ0) is 6.97. The molecule has 0 saturated carbocycles. The van der Waals surface area contributed by atoms with E-state index in [1.54, 1.807) is 0 Å². The van der Waals surface area contributed by atoms with E-state index in [-0.39, 0.29) is 0 Å². The van der Waals surface area contributed by atoms with Crippen LogP contribution in [0.2, 0.25) is 0 Å². The molecule has 0 N–H and O–H groups in total. The normalized spacial score (nSPS) is 21.5. The SMILES string of the molecule is CN1C=C2N=CC=CN2C1. The summed E-state index contributed by atoms with van der Waals surface area (Å²) in [5, 5.41) is 0. The van der Waals surface area contributed by atoms with Gasteiger partial charge in [0.1, 0.15) is 5.82 Å². The van der Waals surface area contributed by atoms with Gasteiger partial charge in [0.2, 0.25) is 0 Å². The lowest BCUT2D eigenvalue weighted by Crippen LogP contribution is -2.20. The summed E-state index contributed by atoms with van der Waals surface area (Å²) in [5.41, 5.74) is 0. The second-order valence-electron chi connectivity index (χ2n) is 2.48. The lowest BCUT2D eigenvalue weighted by molar-refractivity contribution is 0.351. The zero-order valence-electron chi connectivity index (χ0n) is 5.86. The summed E-state index contributed by atoms with van der Waals surface area (Å²) in [4.78, 5) is 8.37. The summed E-state index contributed by atoms with van der Waals surface area (Å²) in [6, 6.07) is 0. The van der Waals surface area contributed by atoms with Crippen molar-refractivity contribution in [1.82, 2.24) is 9.80 Å². The molecule has 2 aliphatic rings. The van der Waals surface area contributed by atoms with Crippen LogP contribution >= 0.6 is 0 Å². The first-order valence-electron chi connectivity index (χ1n) is 3.26. The van der Waals surface area contributed by atoms with Gasteiger partial charge >= 0.3 is 0 Å². The van der Waals surface area contributed by atoms with Gasteiger partial charge in [0.05, 0.1) is 6.67 Å². The Hall–Kier alpha value is -1.25. The largest absolute Gasteiger partial charge is 0.359 e. The van der Waals surface area contributed by atoms with Gasteiger partial charge in [-0.15, -0.1) is 0 Å². The van der Waals surface area contributed by atoms with Crippen molar-refractivity contribution in [2.45, 2.75) is 0 Å². The van der Waals surface area contributed by atoms with Crippen LogP contribution in [0.15, 0.2) is 29.3 Å². The number of fused-ring (bicyclic) bond motifs is 1. The van der Waals surface area contributed by atoms with Crippen LogP contribution in [0.1, 0.15) is 0 Å². The first-order valence-corrected chi connectivity index (χ1v) is 3.26. The number of aliphatic imine (C=N–C) groups is 1. The quantitative estimate of drug-likeness (QED) is 0.484. The molecule has 10 heavy (non-hydrogen) atoms. The summed E-state index contributed by atoms with van der Waals surface area (Å²) in [5.74, 6) is 1.03. The fourth-order valence-electron chi connectivity index (χ4n) is 1.12. The second kappa shape index (κ2) is 1.87. The van der Waals surface area contributed by atoms with Crippen molar-refractivity contribution in [3.63, 3.8) is 0 Å². The van der Waals surface area contributed by atoms with Crippen LogP contribution in [0.4, 0.5) is 0 Å². The van der Waals surface area contributed by atoms with Gasteiger partial charge in [-0.3, -0.25) is 0 Å². The molecule has 0 saturated heterocycles. The maximum atomic E-state index is 4.18. The molecule has 0 spiro atoms. The summed E-state index contributed by atoms with van der Waals surface area (Å²) in [7, 11) is 2.04. The molecule has 0 atom stereocenters. The van der Waals surface area contributed by atoms with Crippen molar-refractivity contribution in [1.29, 1.82) is 0 Å². The minimum Gasteiger partial charge on any atom is -0.359 e. The van der Waals surface area contributed by atoms with Gasteiger partial charge in [0.25, 0.3) is 0 Å². The molecule has 0 aromatic rings. The Kier molecular flexibility index (Phi) is 1.03. The molecule has 0 fully saturated rings. The highest BCUT2D eigenvalue weighted by molar-refractivity contribution is 5.73. The maximum Gasteiger partial charge on any atom is 0.150 e. The molecule has 0 aromatic carbocycles. The van der Waals surface area contributed by atoms with Crippen molar-refractivity contribution >= 4 is 6.21 Å². The van der Waals surface area contributed by atoms with Gasteiger partial charge in [-0.25, -0.2) is 4.99 Å². The Morgan fingerprint density at radius 1 is 1.60 bits per heavy atom. The number of rotatable bonds is 0. The molecule has 0 unspecified atom stereocenters. The molecule has 2 heterocycles. The van der Waals surface area contributed by atoms with Crippen molar-refractivity contribution in [2.75, 3.05) is 13.7 Å². The van der Waals surface area contributed by atoms with Gasteiger partial charge in [-0.2, -0.15) is 0 Å². The lowest BCUT2D eigenvalue weighted by atomic mass is 10.5. The van der Waals surface area contributed by atoms with E-state index in [0.717, 1.165) is 12.5 Å². The Labute approximate surface area is 60.0 Å². The highest BCUT2D eigenvalue weighted by atomic mass is 15.4. The fraction of sp³-hybridized carbons (Fsp3) is 0.286. The molecule has 3 heteroatoms. The summed E-state index contributed by atoms with van der Waals surface area (Å²) in [6.07, 6.45) is 7.81. The van der Waals surface area contributed by atoms with Crippen LogP contribution < -0.4 is 0 Å². The van der Waals surface area contributed by atoms with E-state index in [0.29, 0.717) is 0 Å². The second-order valence-corrected chi connectivity index (χ2v) is 2.48. The number of hydrogen-bond acceptors (Lipinski definition) is 3. The van der Waals surface area contributed by atoms with Crippen LogP contribution in [0.25, 0.3) is 0 Å². The van der Waals surface area contributed by atoms with E-state index >= 15 is 0 Å². The van der Waals surface area contributed by atoms with Crippen LogP contribution in [0, 0.1) is 0 Å². The van der Waals surface area contributed by atoms with Crippen LogP contribution in [0.5, 0.6) is 0 Å². The topological polar surface area (TPSA) is 18.8 Å². The van der Waals surface area contributed by atoms with Gasteiger partial charge < -0.3 is 9.80 Å². The Balaban J connectivity index is 2.29.